The summed E-state index contributed by atoms with van der Waals surface area (Å²) >= 11 is 0. The standard InChI is InChI=1S/C7H14O2/c1-6(4-5-8)7(2)9-3/h4,7-8H,5H2,1-3H3/b6-4+. The van der Waals surface area contributed by atoms with E-state index in [-0.39, 0.29) is 12.7 Å². The van der Waals surface area contributed by atoms with Gasteiger partial charge in [-0.25, -0.2) is 0 Å². The lowest BCUT2D eigenvalue weighted by Gasteiger charge is -2.08. The monoisotopic (exact) mass is 130 g/mol. The van der Waals surface area contributed by atoms with Gasteiger partial charge in [0.25, 0.3) is 0 Å². The van der Waals surface area contributed by atoms with Crippen molar-refractivity contribution < 1.29 is 9.84 Å². The van der Waals surface area contributed by atoms with E-state index in [0.717, 1.165) is 5.57 Å². The van der Waals surface area contributed by atoms with Crippen molar-refractivity contribution >= 4 is 0 Å². The molecule has 0 radical (unpaired) electrons. The minimum Gasteiger partial charge on any atom is -0.392 e. The van der Waals surface area contributed by atoms with Crippen molar-refractivity contribution in [1.29, 1.82) is 0 Å². The molecule has 1 unspecified atom stereocenters. The van der Waals surface area contributed by atoms with Crippen LogP contribution in [0, 0.1) is 0 Å². The molecule has 0 bridgehead atoms. The SMILES string of the molecule is COC(C)/C(C)=C/CO. The van der Waals surface area contributed by atoms with Crippen LogP contribution in [0.4, 0.5) is 0 Å². The lowest BCUT2D eigenvalue weighted by molar-refractivity contribution is 0.146. The summed E-state index contributed by atoms with van der Waals surface area (Å²) in [6.07, 6.45) is 1.87. The Morgan fingerprint density at radius 3 is 2.67 bits per heavy atom. The van der Waals surface area contributed by atoms with Gasteiger partial charge >= 0.3 is 0 Å². The Morgan fingerprint density at radius 1 is 1.78 bits per heavy atom. The Kier molecular flexibility index (Phi) is 4.36. The first-order valence-corrected chi connectivity index (χ1v) is 3.02. The summed E-state index contributed by atoms with van der Waals surface area (Å²) in [5, 5.41) is 8.45. The molecule has 0 amide bonds. The zero-order chi connectivity index (χ0) is 7.28. The Balaban J connectivity index is 3.70. The average molecular weight is 130 g/mol. The molecule has 54 valence electrons. The summed E-state index contributed by atoms with van der Waals surface area (Å²) in [7, 11) is 1.65. The van der Waals surface area contributed by atoms with Crippen molar-refractivity contribution in [3.05, 3.63) is 11.6 Å². The summed E-state index contributed by atoms with van der Waals surface area (Å²) in [6.45, 7) is 3.98. The molecule has 0 rings (SSSR count). The molecule has 0 aromatic heterocycles. The van der Waals surface area contributed by atoms with Gasteiger partial charge in [0.05, 0.1) is 12.7 Å². The third-order valence-corrected chi connectivity index (χ3v) is 1.41. The van der Waals surface area contributed by atoms with Crippen LogP contribution in [-0.2, 0) is 4.74 Å². The normalized spacial score (nSPS) is 15.8. The Bertz CT molecular complexity index is 97.1. The largest absolute Gasteiger partial charge is 0.392 e. The van der Waals surface area contributed by atoms with Gasteiger partial charge in [-0.3, -0.25) is 0 Å². The van der Waals surface area contributed by atoms with Crippen LogP contribution in [0.25, 0.3) is 0 Å². The molecule has 0 saturated heterocycles. The van der Waals surface area contributed by atoms with E-state index in [9.17, 15) is 0 Å². The van der Waals surface area contributed by atoms with Crippen LogP contribution in [0.2, 0.25) is 0 Å². The summed E-state index contributed by atoms with van der Waals surface area (Å²) < 4.78 is 4.99. The molecule has 0 aliphatic heterocycles. The van der Waals surface area contributed by atoms with Crippen molar-refractivity contribution in [2.45, 2.75) is 20.0 Å². The highest BCUT2D eigenvalue weighted by Gasteiger charge is 1.98. The fourth-order valence-electron chi connectivity index (χ4n) is 0.496. The van der Waals surface area contributed by atoms with Crippen LogP contribution in [0.1, 0.15) is 13.8 Å². The highest BCUT2D eigenvalue weighted by Crippen LogP contribution is 2.02. The van der Waals surface area contributed by atoms with Gasteiger partial charge in [0.2, 0.25) is 0 Å². The van der Waals surface area contributed by atoms with E-state index in [4.69, 9.17) is 9.84 Å². The maximum atomic E-state index is 8.45. The van der Waals surface area contributed by atoms with Crippen LogP contribution >= 0.6 is 0 Å². The predicted molar refractivity (Wildman–Crippen MR) is 37.3 cm³/mol. The zero-order valence-corrected chi connectivity index (χ0v) is 6.22. The van der Waals surface area contributed by atoms with Crippen LogP contribution in [0.15, 0.2) is 11.6 Å². The number of methoxy groups -OCH3 is 1. The minimum atomic E-state index is 0.0968. The summed E-state index contributed by atoms with van der Waals surface area (Å²) in [5.74, 6) is 0. The molecule has 1 atom stereocenters. The van der Waals surface area contributed by atoms with Gasteiger partial charge < -0.3 is 9.84 Å². The second-order valence-electron chi connectivity index (χ2n) is 2.01. The Hall–Kier alpha value is -0.340. The molecular weight excluding hydrogens is 116 g/mol. The van der Waals surface area contributed by atoms with E-state index in [1.54, 1.807) is 13.2 Å². The highest BCUT2D eigenvalue weighted by atomic mass is 16.5. The summed E-state index contributed by atoms with van der Waals surface area (Å²) in [4.78, 5) is 0. The van der Waals surface area contributed by atoms with Crippen molar-refractivity contribution in [3.63, 3.8) is 0 Å². The van der Waals surface area contributed by atoms with Crippen molar-refractivity contribution in [2.24, 2.45) is 0 Å². The molecule has 2 nitrogen and oxygen atoms in total. The average Bonchev–Trinajstić information content (AvgIpc) is 1.87. The van der Waals surface area contributed by atoms with Gasteiger partial charge in [0.1, 0.15) is 0 Å². The molecule has 2 heteroatoms. The van der Waals surface area contributed by atoms with Gasteiger partial charge in [0, 0.05) is 7.11 Å². The smallest absolute Gasteiger partial charge is 0.0751 e. The number of aliphatic hydroxyl groups excluding tert-OH is 1. The topological polar surface area (TPSA) is 29.5 Å². The lowest BCUT2D eigenvalue weighted by Crippen LogP contribution is -2.06. The van der Waals surface area contributed by atoms with E-state index in [1.165, 1.54) is 0 Å². The molecule has 1 N–H and O–H groups in total. The van der Waals surface area contributed by atoms with Crippen LogP contribution in [-0.4, -0.2) is 24.9 Å². The predicted octanol–water partition coefficient (Wildman–Crippen LogP) is 0.960. The van der Waals surface area contributed by atoms with Gasteiger partial charge in [-0.15, -0.1) is 0 Å². The van der Waals surface area contributed by atoms with Gasteiger partial charge in [-0.05, 0) is 19.4 Å². The van der Waals surface area contributed by atoms with Crippen LogP contribution in [0.5, 0.6) is 0 Å². The molecule has 0 fully saturated rings. The van der Waals surface area contributed by atoms with Crippen LogP contribution < -0.4 is 0 Å². The Morgan fingerprint density at radius 2 is 2.33 bits per heavy atom. The maximum Gasteiger partial charge on any atom is 0.0751 e. The highest BCUT2D eigenvalue weighted by molar-refractivity contribution is 5.03. The minimum absolute atomic E-state index is 0.0968. The van der Waals surface area contributed by atoms with Gasteiger partial charge in [-0.1, -0.05) is 6.08 Å². The number of rotatable bonds is 3. The fraction of sp³-hybridized carbons (Fsp3) is 0.714. The molecular formula is C7H14O2. The lowest BCUT2D eigenvalue weighted by atomic mass is 10.2. The van der Waals surface area contributed by atoms with Crippen LogP contribution in [0.3, 0.4) is 0 Å². The van der Waals surface area contributed by atoms with Gasteiger partial charge in [0.15, 0.2) is 0 Å². The number of ether oxygens (including phenoxy) is 1. The summed E-state index contributed by atoms with van der Waals surface area (Å²) in [6, 6.07) is 0. The Labute approximate surface area is 56.1 Å². The summed E-state index contributed by atoms with van der Waals surface area (Å²) in [5.41, 5.74) is 1.07. The van der Waals surface area contributed by atoms with Gasteiger partial charge in [-0.2, -0.15) is 0 Å². The van der Waals surface area contributed by atoms with Crippen molar-refractivity contribution in [1.82, 2.24) is 0 Å². The second-order valence-corrected chi connectivity index (χ2v) is 2.01. The molecule has 0 heterocycles. The number of hydrogen-bond donors (Lipinski definition) is 1. The zero-order valence-electron chi connectivity index (χ0n) is 6.22. The molecule has 0 aromatic carbocycles. The third-order valence-electron chi connectivity index (χ3n) is 1.41. The van der Waals surface area contributed by atoms with E-state index < -0.39 is 0 Å². The molecule has 0 aliphatic rings. The second kappa shape index (κ2) is 4.53. The molecule has 9 heavy (non-hydrogen) atoms. The third kappa shape index (κ3) is 3.27. The first kappa shape index (κ1) is 8.66. The first-order valence-electron chi connectivity index (χ1n) is 3.02. The van der Waals surface area contributed by atoms with E-state index in [0.29, 0.717) is 0 Å². The van der Waals surface area contributed by atoms with Crippen molar-refractivity contribution in [3.8, 4) is 0 Å². The maximum absolute atomic E-state index is 8.45. The molecule has 0 aromatic rings. The fourth-order valence-corrected chi connectivity index (χ4v) is 0.496. The number of hydrogen-bond acceptors (Lipinski definition) is 2. The number of aliphatic hydroxyl groups is 1. The van der Waals surface area contributed by atoms with E-state index in [1.807, 2.05) is 13.8 Å². The quantitative estimate of drug-likeness (QED) is 0.576. The van der Waals surface area contributed by atoms with Crippen molar-refractivity contribution in [2.75, 3.05) is 13.7 Å². The molecule has 0 saturated carbocycles. The molecule has 0 spiro atoms. The molecule has 0 aliphatic carbocycles. The first-order chi connectivity index (χ1) is 4.22. The van der Waals surface area contributed by atoms with E-state index in [2.05, 4.69) is 0 Å². The van der Waals surface area contributed by atoms with E-state index >= 15 is 0 Å².